The minimum Gasteiger partial charge on any atom is -0.339 e. The number of anilines is 3. The van der Waals surface area contributed by atoms with Gasteiger partial charge in [0.1, 0.15) is 17.3 Å². The van der Waals surface area contributed by atoms with E-state index in [4.69, 9.17) is 0 Å². The average Bonchev–Trinajstić information content (AvgIpc) is 2.59. The number of benzene rings is 2. The van der Waals surface area contributed by atoms with E-state index in [1.165, 1.54) is 24.5 Å². The van der Waals surface area contributed by atoms with Crippen molar-refractivity contribution in [3.05, 3.63) is 77.5 Å². The second-order valence-electron chi connectivity index (χ2n) is 5.62. The Morgan fingerprint density at radius 2 is 1.84 bits per heavy atom. The highest BCUT2D eigenvalue weighted by Gasteiger charge is 2.10. The minimum absolute atomic E-state index is 0.200. The Kier molecular flexibility index (Phi) is 4.70. The number of aromatic nitrogens is 2. The first-order valence-corrected chi connectivity index (χ1v) is 7.75. The van der Waals surface area contributed by atoms with Gasteiger partial charge in [-0.05, 0) is 49.2 Å². The zero-order chi connectivity index (χ0) is 17.8. The molecule has 1 heterocycles. The van der Waals surface area contributed by atoms with Crippen LogP contribution in [0.4, 0.5) is 21.6 Å². The first-order chi connectivity index (χ1) is 12.0. The number of nitrogens with one attached hydrogen (secondary N) is 2. The monoisotopic (exact) mass is 336 g/mol. The van der Waals surface area contributed by atoms with Crippen molar-refractivity contribution in [3.8, 4) is 0 Å². The molecule has 0 saturated carbocycles. The molecule has 1 amide bonds. The van der Waals surface area contributed by atoms with Gasteiger partial charge >= 0.3 is 0 Å². The normalized spacial score (nSPS) is 10.4. The van der Waals surface area contributed by atoms with Crippen molar-refractivity contribution in [2.75, 3.05) is 10.6 Å². The summed E-state index contributed by atoms with van der Waals surface area (Å²) in [6.45, 7) is 3.93. The number of amides is 1. The lowest BCUT2D eigenvalue weighted by Crippen LogP contribution is -2.15. The van der Waals surface area contributed by atoms with Crippen LogP contribution in [0.15, 0.2) is 54.9 Å². The number of nitrogens with zero attached hydrogens (tertiary/aromatic N) is 2. The second-order valence-corrected chi connectivity index (χ2v) is 5.62. The molecule has 5 nitrogen and oxygen atoms in total. The maximum atomic E-state index is 13.2. The Morgan fingerprint density at radius 3 is 2.56 bits per heavy atom. The van der Waals surface area contributed by atoms with Crippen LogP contribution < -0.4 is 10.6 Å². The Labute approximate surface area is 145 Å². The third kappa shape index (κ3) is 3.98. The highest BCUT2D eigenvalue weighted by atomic mass is 19.1. The molecular formula is C19H17FN4O. The van der Waals surface area contributed by atoms with Crippen molar-refractivity contribution in [1.82, 2.24) is 9.97 Å². The van der Waals surface area contributed by atoms with Crippen LogP contribution in [0, 0.1) is 19.7 Å². The van der Waals surface area contributed by atoms with Gasteiger partial charge in [-0.15, -0.1) is 0 Å². The number of rotatable bonds is 4. The number of carbonyl (C=O) groups excluding carboxylic acids is 1. The van der Waals surface area contributed by atoms with E-state index in [0.717, 1.165) is 16.8 Å². The third-order valence-electron chi connectivity index (χ3n) is 3.83. The highest BCUT2D eigenvalue weighted by molar-refractivity contribution is 6.03. The first kappa shape index (κ1) is 16.6. The largest absolute Gasteiger partial charge is 0.339 e. The molecular weight excluding hydrogens is 319 g/mol. The van der Waals surface area contributed by atoms with Gasteiger partial charge in [-0.25, -0.2) is 14.4 Å². The maximum absolute atomic E-state index is 13.2. The van der Waals surface area contributed by atoms with Crippen LogP contribution in [0.1, 0.15) is 21.6 Å². The second kappa shape index (κ2) is 7.09. The van der Waals surface area contributed by atoms with Gasteiger partial charge in [0.15, 0.2) is 0 Å². The Balaban J connectivity index is 1.71. The van der Waals surface area contributed by atoms with E-state index in [-0.39, 0.29) is 17.4 Å². The van der Waals surface area contributed by atoms with Crippen molar-refractivity contribution in [2.24, 2.45) is 0 Å². The standard InChI is InChI=1S/C19H17FN4O/c1-12-5-3-8-16(13(12)2)24-19(25)17-10-22-18(11-21-17)23-15-7-4-6-14(20)9-15/h3-11H,1-2H3,(H,22,23)(H,24,25). The van der Waals surface area contributed by atoms with Gasteiger partial charge in [-0.1, -0.05) is 18.2 Å². The molecule has 0 spiro atoms. The van der Waals surface area contributed by atoms with Crippen molar-refractivity contribution < 1.29 is 9.18 Å². The Hall–Kier alpha value is -3.28. The van der Waals surface area contributed by atoms with Crippen LogP contribution in [0.25, 0.3) is 0 Å². The van der Waals surface area contributed by atoms with E-state index in [9.17, 15) is 9.18 Å². The van der Waals surface area contributed by atoms with Crippen molar-refractivity contribution in [3.63, 3.8) is 0 Å². The van der Waals surface area contributed by atoms with Gasteiger partial charge in [0.25, 0.3) is 5.91 Å². The summed E-state index contributed by atoms with van der Waals surface area (Å²) in [4.78, 5) is 20.6. The molecule has 0 atom stereocenters. The predicted octanol–water partition coefficient (Wildman–Crippen LogP) is 4.23. The Morgan fingerprint density at radius 1 is 1.04 bits per heavy atom. The van der Waals surface area contributed by atoms with Gasteiger partial charge in [0.05, 0.1) is 12.4 Å². The number of halogens is 1. The number of hydrogen-bond donors (Lipinski definition) is 2. The van der Waals surface area contributed by atoms with Crippen LogP contribution in [-0.4, -0.2) is 15.9 Å². The summed E-state index contributed by atoms with van der Waals surface area (Å²) in [5, 5.41) is 5.76. The molecule has 0 aliphatic rings. The van der Waals surface area contributed by atoms with Gasteiger partial charge in [-0.2, -0.15) is 0 Å². The van der Waals surface area contributed by atoms with Crippen molar-refractivity contribution in [2.45, 2.75) is 13.8 Å². The fourth-order valence-electron chi connectivity index (χ4n) is 2.30. The van der Waals surface area contributed by atoms with E-state index < -0.39 is 0 Å². The third-order valence-corrected chi connectivity index (χ3v) is 3.83. The number of hydrogen-bond acceptors (Lipinski definition) is 4. The summed E-state index contributed by atoms with van der Waals surface area (Å²) < 4.78 is 13.2. The molecule has 0 bridgehead atoms. The summed E-state index contributed by atoms with van der Waals surface area (Å²) in [7, 11) is 0. The van der Waals surface area contributed by atoms with E-state index in [0.29, 0.717) is 11.5 Å². The number of carbonyl (C=O) groups is 1. The van der Waals surface area contributed by atoms with E-state index in [1.54, 1.807) is 12.1 Å². The lowest BCUT2D eigenvalue weighted by molar-refractivity contribution is 0.102. The zero-order valence-electron chi connectivity index (χ0n) is 13.9. The van der Waals surface area contributed by atoms with Crippen LogP contribution in [0.3, 0.4) is 0 Å². The summed E-state index contributed by atoms with van der Waals surface area (Å²) >= 11 is 0. The van der Waals surface area contributed by atoms with Gasteiger partial charge in [0, 0.05) is 11.4 Å². The highest BCUT2D eigenvalue weighted by Crippen LogP contribution is 2.19. The van der Waals surface area contributed by atoms with E-state index in [2.05, 4.69) is 20.6 Å². The summed E-state index contributed by atoms with van der Waals surface area (Å²) in [6.07, 6.45) is 2.81. The van der Waals surface area contributed by atoms with Crippen molar-refractivity contribution >= 4 is 23.1 Å². The summed E-state index contributed by atoms with van der Waals surface area (Å²) in [6, 6.07) is 11.7. The van der Waals surface area contributed by atoms with Crippen LogP contribution in [-0.2, 0) is 0 Å². The van der Waals surface area contributed by atoms with Gasteiger partial charge in [-0.3, -0.25) is 4.79 Å². The molecule has 1 aromatic heterocycles. The molecule has 3 rings (SSSR count). The molecule has 0 radical (unpaired) electrons. The van der Waals surface area contributed by atoms with Gasteiger partial charge in [0.2, 0.25) is 0 Å². The molecule has 126 valence electrons. The minimum atomic E-state index is -0.345. The topological polar surface area (TPSA) is 66.9 Å². The molecule has 0 aliphatic carbocycles. The van der Waals surface area contributed by atoms with Crippen molar-refractivity contribution in [1.29, 1.82) is 0 Å². The quantitative estimate of drug-likeness (QED) is 0.748. The SMILES string of the molecule is Cc1cccc(NC(=O)c2cnc(Nc3cccc(F)c3)cn2)c1C. The fourth-order valence-corrected chi connectivity index (χ4v) is 2.30. The Bertz CT molecular complexity index is 910. The molecule has 6 heteroatoms. The summed E-state index contributed by atoms with van der Waals surface area (Å²) in [5.74, 6) is -0.255. The fraction of sp³-hybridized carbons (Fsp3) is 0.105. The molecule has 3 aromatic rings. The summed E-state index contributed by atoms with van der Waals surface area (Å²) in [5.41, 5.74) is 3.60. The molecule has 0 saturated heterocycles. The lowest BCUT2D eigenvalue weighted by Gasteiger charge is -2.10. The van der Waals surface area contributed by atoms with Crippen LogP contribution in [0.2, 0.25) is 0 Å². The van der Waals surface area contributed by atoms with Gasteiger partial charge < -0.3 is 10.6 Å². The molecule has 0 aliphatic heterocycles. The van der Waals surface area contributed by atoms with E-state index in [1.807, 2.05) is 32.0 Å². The average molecular weight is 336 g/mol. The maximum Gasteiger partial charge on any atom is 0.275 e. The van der Waals surface area contributed by atoms with E-state index >= 15 is 0 Å². The lowest BCUT2D eigenvalue weighted by atomic mass is 10.1. The smallest absolute Gasteiger partial charge is 0.275 e. The molecule has 2 N–H and O–H groups in total. The molecule has 25 heavy (non-hydrogen) atoms. The predicted molar refractivity (Wildman–Crippen MR) is 95.6 cm³/mol. The molecule has 0 unspecified atom stereocenters. The van der Waals surface area contributed by atoms with Crippen LogP contribution in [0.5, 0.6) is 0 Å². The van der Waals surface area contributed by atoms with Crippen LogP contribution >= 0.6 is 0 Å². The molecule has 2 aromatic carbocycles. The zero-order valence-corrected chi connectivity index (χ0v) is 13.9. The number of aryl methyl sites for hydroxylation is 1. The molecule has 0 fully saturated rings. The first-order valence-electron chi connectivity index (χ1n) is 7.75.